The number of carbonyl (C=O) groups excluding carboxylic acids is 1. The molecule has 1 amide bonds. The highest BCUT2D eigenvalue weighted by molar-refractivity contribution is 9.10. The van der Waals surface area contributed by atoms with Crippen LogP contribution < -0.4 is 0 Å². The van der Waals surface area contributed by atoms with Crippen LogP contribution in [0.5, 0.6) is 0 Å². The Morgan fingerprint density at radius 2 is 2.00 bits per heavy atom. The Bertz CT molecular complexity index is 736. The van der Waals surface area contributed by atoms with Crippen molar-refractivity contribution in [2.24, 2.45) is 0 Å². The number of carbonyl (C=O) groups is 1. The third-order valence-corrected chi connectivity index (χ3v) is 4.16. The summed E-state index contributed by atoms with van der Waals surface area (Å²) in [6.07, 6.45) is 0. The number of nitro benzene ring substituents is 1. The maximum atomic E-state index is 12.4. The second-order valence-corrected chi connectivity index (χ2v) is 5.94. The van der Waals surface area contributed by atoms with E-state index < -0.39 is 4.92 Å². The Labute approximate surface area is 140 Å². The number of hydrogen-bond donors (Lipinski definition) is 0. The van der Waals surface area contributed by atoms with Crippen LogP contribution in [0.15, 0.2) is 46.9 Å². The largest absolute Gasteiger partial charge is 0.337 e. The Morgan fingerprint density at radius 3 is 2.64 bits per heavy atom. The van der Waals surface area contributed by atoms with Crippen molar-refractivity contribution >= 4 is 39.1 Å². The van der Waals surface area contributed by atoms with Crippen molar-refractivity contribution in [3.8, 4) is 0 Å². The molecule has 0 atom stereocenters. The van der Waals surface area contributed by atoms with Gasteiger partial charge in [0.2, 0.25) is 0 Å². The summed E-state index contributed by atoms with van der Waals surface area (Å²) < 4.78 is 0.692. The van der Waals surface area contributed by atoms with Gasteiger partial charge in [-0.1, -0.05) is 23.7 Å². The highest BCUT2D eigenvalue weighted by Gasteiger charge is 2.17. The fourth-order valence-corrected chi connectivity index (χ4v) is 2.60. The second-order valence-electron chi connectivity index (χ2n) is 4.67. The predicted molar refractivity (Wildman–Crippen MR) is 88.0 cm³/mol. The SMILES string of the molecule is CN(Cc1cc([N+](=O)[O-])ccc1Cl)C(=O)c1ccccc1Br. The van der Waals surface area contributed by atoms with E-state index in [1.165, 1.54) is 23.1 Å². The highest BCUT2D eigenvalue weighted by Crippen LogP contribution is 2.24. The molecule has 0 fully saturated rings. The molecule has 114 valence electrons. The van der Waals surface area contributed by atoms with E-state index in [0.29, 0.717) is 20.6 Å². The molecular weight excluding hydrogens is 372 g/mol. The molecule has 0 unspecified atom stereocenters. The molecule has 0 heterocycles. The van der Waals surface area contributed by atoms with Crippen molar-refractivity contribution in [2.45, 2.75) is 6.54 Å². The molecule has 0 radical (unpaired) electrons. The number of nitrogens with zero attached hydrogens (tertiary/aromatic N) is 2. The molecule has 2 aromatic carbocycles. The first-order valence-corrected chi connectivity index (χ1v) is 7.50. The van der Waals surface area contributed by atoms with Gasteiger partial charge in [0, 0.05) is 35.2 Å². The van der Waals surface area contributed by atoms with E-state index in [9.17, 15) is 14.9 Å². The lowest BCUT2D eigenvalue weighted by atomic mass is 10.1. The quantitative estimate of drug-likeness (QED) is 0.584. The van der Waals surface area contributed by atoms with Gasteiger partial charge in [-0.2, -0.15) is 0 Å². The van der Waals surface area contributed by atoms with Gasteiger partial charge in [-0.15, -0.1) is 0 Å². The van der Waals surface area contributed by atoms with Gasteiger partial charge in [0.1, 0.15) is 0 Å². The Kier molecular flexibility index (Phi) is 5.15. The van der Waals surface area contributed by atoms with E-state index in [1.54, 1.807) is 25.2 Å². The van der Waals surface area contributed by atoms with Crippen molar-refractivity contribution in [2.75, 3.05) is 7.05 Å². The number of non-ortho nitro benzene ring substituents is 1. The van der Waals surface area contributed by atoms with E-state index in [1.807, 2.05) is 6.07 Å². The fraction of sp³-hybridized carbons (Fsp3) is 0.133. The number of amides is 1. The van der Waals surface area contributed by atoms with Gasteiger partial charge in [0.25, 0.3) is 11.6 Å². The molecule has 2 rings (SSSR count). The normalized spacial score (nSPS) is 10.3. The molecule has 0 aromatic heterocycles. The first-order chi connectivity index (χ1) is 10.4. The van der Waals surface area contributed by atoms with E-state index in [4.69, 9.17) is 11.6 Å². The molecule has 0 saturated heterocycles. The zero-order valence-electron chi connectivity index (χ0n) is 11.6. The molecule has 7 heteroatoms. The summed E-state index contributed by atoms with van der Waals surface area (Å²) in [5.74, 6) is -0.199. The fourth-order valence-electron chi connectivity index (χ4n) is 1.96. The lowest BCUT2D eigenvalue weighted by molar-refractivity contribution is -0.384. The van der Waals surface area contributed by atoms with Crippen molar-refractivity contribution < 1.29 is 9.72 Å². The molecular formula is C15H12BrClN2O3. The topological polar surface area (TPSA) is 63.4 Å². The number of rotatable bonds is 4. The summed E-state index contributed by atoms with van der Waals surface area (Å²) in [6, 6.07) is 11.3. The molecule has 0 bridgehead atoms. The van der Waals surface area contributed by atoms with Gasteiger partial charge in [-0.05, 0) is 39.7 Å². The van der Waals surface area contributed by atoms with Crippen LogP contribution in [0, 0.1) is 10.1 Å². The van der Waals surface area contributed by atoms with Crippen LogP contribution in [0.1, 0.15) is 15.9 Å². The van der Waals surface area contributed by atoms with Crippen LogP contribution in [-0.4, -0.2) is 22.8 Å². The zero-order chi connectivity index (χ0) is 16.3. The van der Waals surface area contributed by atoms with Gasteiger partial charge in [0.05, 0.1) is 10.5 Å². The summed E-state index contributed by atoms with van der Waals surface area (Å²) in [5.41, 5.74) is 0.992. The molecule has 0 aliphatic carbocycles. The summed E-state index contributed by atoms with van der Waals surface area (Å²) in [6.45, 7) is 0.181. The maximum absolute atomic E-state index is 12.4. The van der Waals surface area contributed by atoms with Crippen LogP contribution in [-0.2, 0) is 6.54 Å². The van der Waals surface area contributed by atoms with Gasteiger partial charge < -0.3 is 4.90 Å². The lowest BCUT2D eigenvalue weighted by Gasteiger charge is -2.18. The average Bonchev–Trinajstić information content (AvgIpc) is 2.49. The van der Waals surface area contributed by atoms with Crippen molar-refractivity contribution in [1.82, 2.24) is 4.90 Å². The molecule has 0 N–H and O–H groups in total. The average molecular weight is 384 g/mol. The summed E-state index contributed by atoms with van der Waals surface area (Å²) in [7, 11) is 1.62. The Hall–Kier alpha value is -1.92. The first-order valence-electron chi connectivity index (χ1n) is 6.33. The molecule has 2 aromatic rings. The first kappa shape index (κ1) is 16.5. The number of halogens is 2. The van der Waals surface area contributed by atoms with Gasteiger partial charge >= 0.3 is 0 Å². The Morgan fingerprint density at radius 1 is 1.32 bits per heavy atom. The van der Waals surface area contributed by atoms with E-state index >= 15 is 0 Å². The minimum atomic E-state index is -0.491. The van der Waals surface area contributed by atoms with Crippen molar-refractivity contribution in [3.63, 3.8) is 0 Å². The molecule has 22 heavy (non-hydrogen) atoms. The molecule has 0 aliphatic heterocycles. The predicted octanol–water partition coefficient (Wildman–Crippen LogP) is 4.28. The monoisotopic (exact) mass is 382 g/mol. The number of nitro groups is 1. The molecule has 0 saturated carbocycles. The van der Waals surface area contributed by atoms with Gasteiger partial charge in [0.15, 0.2) is 0 Å². The minimum Gasteiger partial charge on any atom is -0.337 e. The van der Waals surface area contributed by atoms with E-state index in [-0.39, 0.29) is 18.1 Å². The summed E-state index contributed by atoms with van der Waals surface area (Å²) >= 11 is 9.39. The third-order valence-electron chi connectivity index (χ3n) is 3.10. The smallest absolute Gasteiger partial charge is 0.269 e. The highest BCUT2D eigenvalue weighted by atomic mass is 79.9. The molecule has 0 spiro atoms. The van der Waals surface area contributed by atoms with Crippen LogP contribution in [0.2, 0.25) is 5.02 Å². The molecule has 5 nitrogen and oxygen atoms in total. The zero-order valence-corrected chi connectivity index (χ0v) is 14.0. The van der Waals surface area contributed by atoms with Crippen LogP contribution in [0.25, 0.3) is 0 Å². The standard InChI is InChI=1S/C15H12BrClN2O3/c1-18(15(20)12-4-2-3-5-13(12)16)9-10-8-11(19(21)22)6-7-14(10)17/h2-8H,9H2,1H3. The van der Waals surface area contributed by atoms with Crippen molar-refractivity contribution in [1.29, 1.82) is 0 Å². The van der Waals surface area contributed by atoms with E-state index in [0.717, 1.165) is 0 Å². The Balaban J connectivity index is 2.24. The minimum absolute atomic E-state index is 0.0545. The van der Waals surface area contributed by atoms with Crippen LogP contribution in [0.3, 0.4) is 0 Å². The number of hydrogen-bond acceptors (Lipinski definition) is 3. The van der Waals surface area contributed by atoms with Gasteiger partial charge in [-0.3, -0.25) is 14.9 Å². The summed E-state index contributed by atoms with van der Waals surface area (Å²) in [4.78, 5) is 24.2. The lowest BCUT2D eigenvalue weighted by Crippen LogP contribution is -2.26. The second kappa shape index (κ2) is 6.89. The van der Waals surface area contributed by atoms with Crippen LogP contribution >= 0.6 is 27.5 Å². The van der Waals surface area contributed by atoms with E-state index in [2.05, 4.69) is 15.9 Å². The third kappa shape index (κ3) is 3.64. The van der Waals surface area contributed by atoms with Gasteiger partial charge in [-0.25, -0.2) is 0 Å². The summed E-state index contributed by atoms with van der Waals surface area (Å²) in [5, 5.41) is 11.2. The number of benzene rings is 2. The van der Waals surface area contributed by atoms with Crippen molar-refractivity contribution in [3.05, 3.63) is 73.2 Å². The van der Waals surface area contributed by atoms with Crippen LogP contribution in [0.4, 0.5) is 5.69 Å². The molecule has 0 aliphatic rings. The maximum Gasteiger partial charge on any atom is 0.269 e.